The highest BCUT2D eigenvalue weighted by molar-refractivity contribution is 7.13. The molecule has 4 rings (SSSR count). The molecular weight excluding hydrogens is 344 g/mol. The molecule has 2 aliphatic heterocycles. The largest absolute Gasteiger partial charge is 0.481 e. The minimum Gasteiger partial charge on any atom is -0.481 e. The first-order valence-corrected chi connectivity index (χ1v) is 8.78. The molecule has 2 atom stereocenters. The molecule has 130 valence electrons. The summed E-state index contributed by atoms with van der Waals surface area (Å²) in [6, 6.07) is 5.53. The van der Waals surface area contributed by atoms with E-state index in [-0.39, 0.29) is 25.2 Å². The maximum Gasteiger partial charge on any atom is 0.308 e. The van der Waals surface area contributed by atoms with Gasteiger partial charge in [0.25, 0.3) is 5.91 Å². The normalized spacial score (nSPS) is 21.6. The van der Waals surface area contributed by atoms with E-state index < -0.39 is 11.9 Å². The first-order valence-electron chi connectivity index (χ1n) is 7.90. The zero-order chi connectivity index (χ0) is 17.6. The number of aromatic nitrogens is 1. The number of hydrogen-bond acceptors (Lipinski definition) is 6. The van der Waals surface area contributed by atoms with Gasteiger partial charge in [0.15, 0.2) is 11.5 Å². The van der Waals surface area contributed by atoms with E-state index in [2.05, 4.69) is 4.98 Å². The molecule has 0 radical (unpaired) electrons. The van der Waals surface area contributed by atoms with Crippen LogP contribution in [0.25, 0.3) is 10.6 Å². The summed E-state index contributed by atoms with van der Waals surface area (Å²) in [5.41, 5.74) is 1.20. The molecule has 3 heterocycles. The van der Waals surface area contributed by atoms with Crippen LogP contribution in [0.5, 0.6) is 11.5 Å². The monoisotopic (exact) mass is 360 g/mol. The molecule has 0 aliphatic carbocycles. The van der Waals surface area contributed by atoms with Crippen LogP contribution in [0.3, 0.4) is 0 Å². The van der Waals surface area contributed by atoms with Gasteiger partial charge in [-0.25, -0.2) is 4.98 Å². The summed E-state index contributed by atoms with van der Waals surface area (Å²) < 4.78 is 10.7. The van der Waals surface area contributed by atoms with Crippen molar-refractivity contribution in [3.63, 3.8) is 0 Å². The minimum atomic E-state index is -0.859. The molecule has 1 aromatic heterocycles. The number of carboxylic acid groups (broad SMARTS) is 1. The van der Waals surface area contributed by atoms with Gasteiger partial charge in [0.1, 0.15) is 10.7 Å². The first-order chi connectivity index (χ1) is 12.0. The van der Waals surface area contributed by atoms with Gasteiger partial charge in [0.05, 0.1) is 5.92 Å². The van der Waals surface area contributed by atoms with Crippen molar-refractivity contribution < 1.29 is 24.2 Å². The summed E-state index contributed by atoms with van der Waals surface area (Å²) in [6.45, 7) is 2.72. The zero-order valence-corrected chi connectivity index (χ0v) is 14.3. The van der Waals surface area contributed by atoms with E-state index in [9.17, 15) is 14.7 Å². The van der Waals surface area contributed by atoms with Crippen molar-refractivity contribution in [3.05, 3.63) is 29.3 Å². The van der Waals surface area contributed by atoms with Crippen LogP contribution in [0.2, 0.25) is 0 Å². The number of fused-ring (bicyclic) bond motifs is 1. The third-order valence-corrected chi connectivity index (χ3v) is 5.45. The quantitative estimate of drug-likeness (QED) is 0.904. The Kier molecular flexibility index (Phi) is 3.84. The van der Waals surface area contributed by atoms with E-state index in [1.807, 2.05) is 25.1 Å². The van der Waals surface area contributed by atoms with Crippen molar-refractivity contribution in [2.45, 2.75) is 6.92 Å². The van der Waals surface area contributed by atoms with Crippen molar-refractivity contribution in [1.82, 2.24) is 9.88 Å². The van der Waals surface area contributed by atoms with Crippen molar-refractivity contribution in [2.24, 2.45) is 11.8 Å². The van der Waals surface area contributed by atoms with E-state index in [1.54, 1.807) is 10.3 Å². The Morgan fingerprint density at radius 3 is 2.84 bits per heavy atom. The number of carbonyl (C=O) groups excluding carboxylic acids is 1. The van der Waals surface area contributed by atoms with Gasteiger partial charge in [0, 0.05) is 24.0 Å². The fourth-order valence-electron chi connectivity index (χ4n) is 3.15. The molecule has 0 saturated carbocycles. The summed E-state index contributed by atoms with van der Waals surface area (Å²) >= 11 is 1.37. The minimum absolute atomic E-state index is 0.0617. The highest BCUT2D eigenvalue weighted by Crippen LogP contribution is 2.37. The number of thiazole rings is 1. The van der Waals surface area contributed by atoms with Gasteiger partial charge >= 0.3 is 5.97 Å². The van der Waals surface area contributed by atoms with Crippen LogP contribution in [0, 0.1) is 11.8 Å². The van der Waals surface area contributed by atoms with Crippen molar-refractivity contribution in [1.29, 1.82) is 0 Å². The Morgan fingerprint density at radius 2 is 2.08 bits per heavy atom. The van der Waals surface area contributed by atoms with Gasteiger partial charge in [-0.2, -0.15) is 0 Å². The maximum atomic E-state index is 12.6. The lowest BCUT2D eigenvalue weighted by atomic mass is 9.99. The standard InChI is InChI=1S/C17H16N2O5S/c1-9-5-19(6-11(9)17(21)22)16(20)12-7-25-15(18-12)10-2-3-13-14(4-10)24-8-23-13/h2-4,7,9,11H,5-6,8H2,1H3,(H,21,22)/t9-,11-/m1/s1. The number of carbonyl (C=O) groups is 2. The molecule has 7 nitrogen and oxygen atoms in total. The summed E-state index contributed by atoms with van der Waals surface area (Å²) in [4.78, 5) is 29.9. The van der Waals surface area contributed by atoms with E-state index >= 15 is 0 Å². The van der Waals surface area contributed by atoms with Gasteiger partial charge in [0.2, 0.25) is 6.79 Å². The summed E-state index contributed by atoms with van der Waals surface area (Å²) in [7, 11) is 0. The average Bonchev–Trinajstić information content (AvgIpc) is 3.32. The molecule has 25 heavy (non-hydrogen) atoms. The second-order valence-electron chi connectivity index (χ2n) is 6.24. The van der Waals surface area contributed by atoms with Crippen LogP contribution in [0.4, 0.5) is 0 Å². The van der Waals surface area contributed by atoms with Gasteiger partial charge in [-0.3, -0.25) is 9.59 Å². The van der Waals surface area contributed by atoms with Crippen LogP contribution in [0.1, 0.15) is 17.4 Å². The van der Waals surface area contributed by atoms with E-state index in [0.717, 1.165) is 5.56 Å². The molecular formula is C17H16N2O5S. The third-order valence-electron chi connectivity index (χ3n) is 4.56. The van der Waals surface area contributed by atoms with Crippen LogP contribution < -0.4 is 9.47 Å². The lowest BCUT2D eigenvalue weighted by Gasteiger charge is -2.13. The highest BCUT2D eigenvalue weighted by atomic mass is 32.1. The van der Waals surface area contributed by atoms with Gasteiger partial charge < -0.3 is 19.5 Å². The van der Waals surface area contributed by atoms with Gasteiger partial charge in [-0.05, 0) is 24.1 Å². The Labute approximate surface area is 147 Å². The Hall–Kier alpha value is -2.61. The maximum absolute atomic E-state index is 12.6. The molecule has 2 aromatic rings. The zero-order valence-electron chi connectivity index (χ0n) is 13.5. The number of likely N-dealkylation sites (tertiary alicyclic amines) is 1. The summed E-state index contributed by atoms with van der Waals surface area (Å²) in [5, 5.41) is 11.6. The molecule has 0 bridgehead atoms. The summed E-state index contributed by atoms with van der Waals surface area (Å²) in [6.07, 6.45) is 0. The molecule has 2 aliphatic rings. The molecule has 1 aromatic carbocycles. The fraction of sp³-hybridized carbons (Fsp3) is 0.353. The number of ether oxygens (including phenoxy) is 2. The third kappa shape index (κ3) is 2.82. The number of hydrogen-bond donors (Lipinski definition) is 1. The van der Waals surface area contributed by atoms with E-state index in [0.29, 0.717) is 28.7 Å². The Bertz CT molecular complexity index is 849. The lowest BCUT2D eigenvalue weighted by molar-refractivity contribution is -0.142. The van der Waals surface area contributed by atoms with Crippen molar-refractivity contribution in [3.8, 4) is 22.1 Å². The highest BCUT2D eigenvalue weighted by Gasteiger charge is 2.37. The number of benzene rings is 1. The number of nitrogens with zero attached hydrogens (tertiary/aromatic N) is 2. The molecule has 1 amide bonds. The van der Waals surface area contributed by atoms with Crippen LogP contribution >= 0.6 is 11.3 Å². The van der Waals surface area contributed by atoms with E-state index in [1.165, 1.54) is 11.3 Å². The molecule has 1 saturated heterocycles. The Morgan fingerprint density at radius 1 is 1.28 bits per heavy atom. The fourth-order valence-corrected chi connectivity index (χ4v) is 3.94. The predicted molar refractivity (Wildman–Crippen MR) is 89.9 cm³/mol. The summed E-state index contributed by atoms with van der Waals surface area (Å²) in [5.74, 6) is -0.300. The van der Waals surface area contributed by atoms with Crippen molar-refractivity contribution >= 4 is 23.2 Å². The second-order valence-corrected chi connectivity index (χ2v) is 7.10. The van der Waals surface area contributed by atoms with E-state index in [4.69, 9.17) is 9.47 Å². The average molecular weight is 360 g/mol. The first kappa shape index (κ1) is 15.9. The molecule has 1 fully saturated rings. The second kappa shape index (κ2) is 6.03. The lowest BCUT2D eigenvalue weighted by Crippen LogP contribution is -2.30. The van der Waals surface area contributed by atoms with Gasteiger partial charge in [-0.1, -0.05) is 6.92 Å². The number of amides is 1. The van der Waals surface area contributed by atoms with Gasteiger partial charge in [-0.15, -0.1) is 11.3 Å². The number of carboxylic acids is 1. The van der Waals surface area contributed by atoms with Crippen molar-refractivity contribution in [2.75, 3.05) is 19.9 Å². The topological polar surface area (TPSA) is 89.0 Å². The molecule has 8 heteroatoms. The number of aliphatic carboxylic acids is 1. The van der Waals surface area contributed by atoms with Crippen LogP contribution in [-0.2, 0) is 4.79 Å². The van der Waals surface area contributed by atoms with Crippen LogP contribution in [-0.4, -0.2) is 46.7 Å². The predicted octanol–water partition coefficient (Wildman–Crippen LogP) is 2.33. The smallest absolute Gasteiger partial charge is 0.308 e. The SMILES string of the molecule is C[C@@H]1CN(C(=O)c2csc(-c3ccc4c(c3)OCO4)n2)C[C@H]1C(=O)O. The molecule has 1 N–H and O–H groups in total. The van der Waals surface area contributed by atoms with Crippen LogP contribution in [0.15, 0.2) is 23.6 Å². The Balaban J connectivity index is 1.53. The number of rotatable bonds is 3. The molecule has 0 spiro atoms. The molecule has 0 unspecified atom stereocenters.